The normalized spacial score (nSPS) is 11.2. The van der Waals surface area contributed by atoms with Crippen LogP contribution in [0.1, 0.15) is 30.0 Å². The SMILES string of the molecule is CC/C(=C/C(=O)NCc1cccc(OC)c1)c1ccc(C)cc1. The molecule has 0 unspecified atom stereocenters. The van der Waals surface area contributed by atoms with E-state index >= 15 is 0 Å². The number of amides is 1. The molecule has 0 saturated heterocycles. The van der Waals surface area contributed by atoms with Crippen LogP contribution in [0, 0.1) is 6.92 Å². The van der Waals surface area contributed by atoms with Crippen molar-refractivity contribution < 1.29 is 9.53 Å². The molecule has 3 heteroatoms. The van der Waals surface area contributed by atoms with Crippen molar-refractivity contribution >= 4 is 11.5 Å². The topological polar surface area (TPSA) is 38.3 Å². The van der Waals surface area contributed by atoms with E-state index < -0.39 is 0 Å². The predicted octanol–water partition coefficient (Wildman–Crippen LogP) is 4.11. The lowest BCUT2D eigenvalue weighted by Gasteiger charge is -2.08. The van der Waals surface area contributed by atoms with Crippen LogP contribution in [0.2, 0.25) is 0 Å². The minimum atomic E-state index is -0.0785. The molecule has 0 aliphatic heterocycles. The first kappa shape index (κ1) is 16.8. The number of ether oxygens (including phenoxy) is 1. The third-order valence-electron chi connectivity index (χ3n) is 3.71. The van der Waals surface area contributed by atoms with E-state index in [0.717, 1.165) is 28.9 Å². The first-order valence-electron chi connectivity index (χ1n) is 7.80. The van der Waals surface area contributed by atoms with Gasteiger partial charge in [-0.05, 0) is 42.2 Å². The first-order valence-corrected chi connectivity index (χ1v) is 7.80. The van der Waals surface area contributed by atoms with Crippen molar-refractivity contribution in [3.8, 4) is 5.75 Å². The van der Waals surface area contributed by atoms with E-state index in [-0.39, 0.29) is 5.91 Å². The van der Waals surface area contributed by atoms with Crippen LogP contribution in [0.25, 0.3) is 5.57 Å². The zero-order valence-corrected chi connectivity index (χ0v) is 13.9. The second-order valence-electron chi connectivity index (χ2n) is 5.46. The van der Waals surface area contributed by atoms with Crippen LogP contribution in [0.4, 0.5) is 0 Å². The summed E-state index contributed by atoms with van der Waals surface area (Å²) >= 11 is 0. The maximum atomic E-state index is 12.2. The van der Waals surface area contributed by atoms with Gasteiger partial charge in [-0.15, -0.1) is 0 Å². The maximum Gasteiger partial charge on any atom is 0.244 e. The highest BCUT2D eigenvalue weighted by Crippen LogP contribution is 2.18. The van der Waals surface area contributed by atoms with E-state index in [1.54, 1.807) is 13.2 Å². The van der Waals surface area contributed by atoms with Crippen LogP contribution >= 0.6 is 0 Å². The van der Waals surface area contributed by atoms with Crippen molar-refractivity contribution in [3.05, 3.63) is 71.3 Å². The van der Waals surface area contributed by atoms with Gasteiger partial charge >= 0.3 is 0 Å². The highest BCUT2D eigenvalue weighted by atomic mass is 16.5. The molecule has 2 rings (SSSR count). The van der Waals surface area contributed by atoms with Gasteiger partial charge in [0, 0.05) is 12.6 Å². The summed E-state index contributed by atoms with van der Waals surface area (Å²) in [5, 5.41) is 2.93. The van der Waals surface area contributed by atoms with Gasteiger partial charge in [0.2, 0.25) is 5.91 Å². The number of benzene rings is 2. The molecule has 0 aliphatic rings. The summed E-state index contributed by atoms with van der Waals surface area (Å²) in [6.07, 6.45) is 2.50. The molecule has 23 heavy (non-hydrogen) atoms. The van der Waals surface area contributed by atoms with Crippen molar-refractivity contribution in [1.82, 2.24) is 5.32 Å². The van der Waals surface area contributed by atoms with E-state index in [4.69, 9.17) is 4.74 Å². The van der Waals surface area contributed by atoms with Crippen LogP contribution < -0.4 is 10.1 Å². The number of carbonyl (C=O) groups is 1. The van der Waals surface area contributed by atoms with Gasteiger partial charge in [0.1, 0.15) is 5.75 Å². The fourth-order valence-corrected chi connectivity index (χ4v) is 2.34. The van der Waals surface area contributed by atoms with E-state index in [0.29, 0.717) is 6.54 Å². The van der Waals surface area contributed by atoms with Gasteiger partial charge in [-0.1, -0.05) is 48.9 Å². The van der Waals surface area contributed by atoms with Gasteiger partial charge in [-0.3, -0.25) is 4.79 Å². The molecule has 0 atom stereocenters. The molecule has 0 heterocycles. The van der Waals surface area contributed by atoms with E-state index in [9.17, 15) is 4.79 Å². The van der Waals surface area contributed by atoms with Crippen LogP contribution in [-0.2, 0) is 11.3 Å². The molecule has 1 amide bonds. The highest BCUT2D eigenvalue weighted by molar-refractivity contribution is 5.95. The van der Waals surface area contributed by atoms with Crippen molar-refractivity contribution in [2.45, 2.75) is 26.8 Å². The molecule has 3 nitrogen and oxygen atoms in total. The number of carbonyl (C=O) groups excluding carboxylic acids is 1. The van der Waals surface area contributed by atoms with Crippen LogP contribution in [0.5, 0.6) is 5.75 Å². The lowest BCUT2D eigenvalue weighted by Crippen LogP contribution is -2.20. The van der Waals surface area contributed by atoms with Gasteiger partial charge in [0.25, 0.3) is 0 Å². The molecule has 0 radical (unpaired) electrons. The third-order valence-corrected chi connectivity index (χ3v) is 3.71. The number of aryl methyl sites for hydroxylation is 1. The lowest BCUT2D eigenvalue weighted by molar-refractivity contribution is -0.116. The monoisotopic (exact) mass is 309 g/mol. The molecule has 0 fully saturated rings. The standard InChI is InChI=1S/C20H23NO2/c1-4-17(18-10-8-15(2)9-11-18)13-20(22)21-14-16-6-5-7-19(12-16)23-3/h5-13H,4,14H2,1-3H3,(H,21,22)/b17-13-. The molecule has 0 aromatic heterocycles. The van der Waals surface area contributed by atoms with Gasteiger partial charge in [0.15, 0.2) is 0 Å². The molecule has 0 bridgehead atoms. The summed E-state index contributed by atoms with van der Waals surface area (Å²) in [6.45, 7) is 4.60. The smallest absolute Gasteiger partial charge is 0.244 e. The lowest BCUT2D eigenvalue weighted by atomic mass is 10.0. The Kier molecular flexibility index (Phi) is 5.98. The molecule has 0 aliphatic carbocycles. The van der Waals surface area contributed by atoms with Crippen LogP contribution in [0.3, 0.4) is 0 Å². The van der Waals surface area contributed by atoms with E-state index in [1.807, 2.05) is 24.3 Å². The fraction of sp³-hybridized carbons (Fsp3) is 0.250. The summed E-state index contributed by atoms with van der Waals surface area (Å²) in [7, 11) is 1.63. The largest absolute Gasteiger partial charge is 0.497 e. The van der Waals surface area contributed by atoms with Crippen LogP contribution in [-0.4, -0.2) is 13.0 Å². The number of hydrogen-bond donors (Lipinski definition) is 1. The van der Waals surface area contributed by atoms with E-state index in [2.05, 4.69) is 43.4 Å². The Bertz CT molecular complexity index is 687. The Morgan fingerprint density at radius 2 is 1.91 bits per heavy atom. The van der Waals surface area contributed by atoms with Crippen molar-refractivity contribution in [2.24, 2.45) is 0 Å². The third kappa shape index (κ3) is 4.99. The maximum absolute atomic E-state index is 12.2. The summed E-state index contributed by atoms with van der Waals surface area (Å²) in [5.74, 6) is 0.714. The second-order valence-corrected chi connectivity index (χ2v) is 5.46. The fourth-order valence-electron chi connectivity index (χ4n) is 2.34. The quantitative estimate of drug-likeness (QED) is 0.815. The average Bonchev–Trinajstić information content (AvgIpc) is 2.59. The van der Waals surface area contributed by atoms with Crippen molar-refractivity contribution in [2.75, 3.05) is 7.11 Å². The van der Waals surface area contributed by atoms with Gasteiger partial charge in [0.05, 0.1) is 7.11 Å². The molecule has 2 aromatic rings. The number of rotatable bonds is 6. The summed E-state index contributed by atoms with van der Waals surface area (Å²) < 4.78 is 5.19. The highest BCUT2D eigenvalue weighted by Gasteiger charge is 2.04. The van der Waals surface area contributed by atoms with Gasteiger partial charge in [-0.25, -0.2) is 0 Å². The van der Waals surface area contributed by atoms with E-state index in [1.165, 1.54) is 5.56 Å². The Morgan fingerprint density at radius 3 is 2.57 bits per heavy atom. The zero-order valence-electron chi connectivity index (χ0n) is 13.9. The van der Waals surface area contributed by atoms with Gasteiger partial charge < -0.3 is 10.1 Å². The molecule has 120 valence electrons. The average molecular weight is 309 g/mol. The Labute approximate surface area is 138 Å². The molecule has 2 aromatic carbocycles. The van der Waals surface area contributed by atoms with Crippen molar-refractivity contribution in [3.63, 3.8) is 0 Å². The minimum absolute atomic E-state index is 0.0785. The summed E-state index contributed by atoms with van der Waals surface area (Å²) in [6, 6.07) is 15.9. The summed E-state index contributed by atoms with van der Waals surface area (Å²) in [5.41, 5.74) is 4.36. The van der Waals surface area contributed by atoms with Crippen molar-refractivity contribution in [1.29, 1.82) is 0 Å². The molecular formula is C20H23NO2. The molecule has 0 spiro atoms. The zero-order chi connectivity index (χ0) is 16.7. The molecule has 1 N–H and O–H groups in total. The minimum Gasteiger partial charge on any atom is -0.497 e. The second kappa shape index (κ2) is 8.18. The van der Waals surface area contributed by atoms with Gasteiger partial charge in [-0.2, -0.15) is 0 Å². The Balaban J connectivity index is 2.02. The summed E-state index contributed by atoms with van der Waals surface area (Å²) in [4.78, 5) is 12.2. The first-order chi connectivity index (χ1) is 11.1. The predicted molar refractivity (Wildman–Crippen MR) is 94.3 cm³/mol. The number of methoxy groups -OCH3 is 1. The Hall–Kier alpha value is -2.55. The number of hydrogen-bond acceptors (Lipinski definition) is 2. The van der Waals surface area contributed by atoms with Crippen LogP contribution in [0.15, 0.2) is 54.6 Å². The molecular weight excluding hydrogens is 286 g/mol. The number of nitrogens with one attached hydrogen (secondary N) is 1. The molecule has 0 saturated carbocycles. The Morgan fingerprint density at radius 1 is 1.17 bits per heavy atom. The number of allylic oxidation sites excluding steroid dienone is 1.